The highest BCUT2D eigenvalue weighted by Gasteiger charge is 2.48. The highest BCUT2D eigenvalue weighted by Crippen LogP contribution is 2.44. The maximum Gasteiger partial charge on any atom is 0.326 e. The molecule has 1 fully saturated rings. The Bertz CT molecular complexity index is 1160. The SMILES string of the molecule is CCC[C@H](C(=O)O)N1C(=O)[C@H](Cc2ccncc2)OC(c2ccc(Cl)cc2)C1c1ccc(Cl)cc1. The number of carbonyl (C=O) groups excluding carboxylic acids is 1. The molecule has 2 unspecified atom stereocenters. The highest BCUT2D eigenvalue weighted by molar-refractivity contribution is 6.30. The van der Waals surface area contributed by atoms with E-state index in [1.165, 1.54) is 4.90 Å². The van der Waals surface area contributed by atoms with E-state index in [1.807, 2.05) is 43.3 Å². The number of rotatable bonds is 8. The number of hydrogen-bond acceptors (Lipinski definition) is 4. The zero-order valence-corrected chi connectivity index (χ0v) is 20.7. The van der Waals surface area contributed by atoms with Crippen LogP contribution in [0.1, 0.15) is 48.6 Å². The zero-order chi connectivity index (χ0) is 24.9. The molecule has 182 valence electrons. The first-order valence-corrected chi connectivity index (χ1v) is 12.2. The van der Waals surface area contributed by atoms with Crippen LogP contribution in [0.15, 0.2) is 73.1 Å². The number of ether oxygens (including phenoxy) is 1. The maximum atomic E-state index is 13.9. The van der Waals surface area contributed by atoms with Crippen molar-refractivity contribution in [1.29, 1.82) is 0 Å². The van der Waals surface area contributed by atoms with Gasteiger partial charge in [-0.25, -0.2) is 4.79 Å². The van der Waals surface area contributed by atoms with Gasteiger partial charge >= 0.3 is 5.97 Å². The van der Waals surface area contributed by atoms with Gasteiger partial charge in [0.15, 0.2) is 0 Å². The molecule has 1 aromatic heterocycles. The lowest BCUT2D eigenvalue weighted by Gasteiger charge is -2.47. The molecule has 1 aliphatic heterocycles. The summed E-state index contributed by atoms with van der Waals surface area (Å²) in [6.07, 6.45) is 3.07. The van der Waals surface area contributed by atoms with Crippen molar-refractivity contribution in [2.45, 2.75) is 50.5 Å². The van der Waals surface area contributed by atoms with Gasteiger partial charge in [-0.15, -0.1) is 0 Å². The molecule has 0 aliphatic carbocycles. The second-order valence-electron chi connectivity index (χ2n) is 8.54. The molecule has 0 radical (unpaired) electrons. The fourth-order valence-electron chi connectivity index (χ4n) is 4.54. The first-order chi connectivity index (χ1) is 16.9. The molecule has 4 rings (SSSR count). The predicted octanol–water partition coefficient (Wildman–Crippen LogP) is 5.89. The maximum absolute atomic E-state index is 13.9. The quantitative estimate of drug-likeness (QED) is 0.406. The smallest absolute Gasteiger partial charge is 0.326 e. The van der Waals surface area contributed by atoms with Gasteiger partial charge < -0.3 is 14.7 Å². The van der Waals surface area contributed by atoms with Crippen molar-refractivity contribution in [3.63, 3.8) is 0 Å². The Hall–Kier alpha value is -2.93. The molecule has 0 saturated carbocycles. The fourth-order valence-corrected chi connectivity index (χ4v) is 4.79. The van der Waals surface area contributed by atoms with Crippen molar-refractivity contribution in [3.05, 3.63) is 99.8 Å². The van der Waals surface area contributed by atoms with Crippen LogP contribution in [0.3, 0.4) is 0 Å². The summed E-state index contributed by atoms with van der Waals surface area (Å²) >= 11 is 12.3. The first kappa shape index (κ1) is 25.2. The summed E-state index contributed by atoms with van der Waals surface area (Å²) < 4.78 is 6.48. The van der Waals surface area contributed by atoms with Gasteiger partial charge in [-0.1, -0.05) is 60.8 Å². The molecule has 8 heteroatoms. The standard InChI is InChI=1S/C27H26Cl2N2O4/c1-2-3-22(27(33)34)31-24(18-4-8-20(28)9-5-18)25(19-6-10-21(29)11-7-19)35-23(26(31)32)16-17-12-14-30-15-13-17/h4-15,22-25H,2-3,16H2,1H3,(H,33,34)/t22-,23+,24?,25?/m1/s1. The van der Waals surface area contributed by atoms with Gasteiger partial charge in [-0.05, 0) is 59.5 Å². The summed E-state index contributed by atoms with van der Waals surface area (Å²) in [4.78, 5) is 31.9. The summed E-state index contributed by atoms with van der Waals surface area (Å²) in [5.41, 5.74) is 2.42. The molecule has 4 atom stereocenters. The number of halogens is 2. The van der Waals surface area contributed by atoms with Crippen molar-refractivity contribution in [2.24, 2.45) is 0 Å². The van der Waals surface area contributed by atoms with Crippen LogP contribution in [0.5, 0.6) is 0 Å². The minimum atomic E-state index is -1.04. The van der Waals surface area contributed by atoms with Crippen LogP contribution in [0.4, 0.5) is 0 Å². The van der Waals surface area contributed by atoms with Crippen LogP contribution >= 0.6 is 23.2 Å². The number of aliphatic carboxylic acids is 1. The normalized spacial score (nSPS) is 21.1. The minimum Gasteiger partial charge on any atom is -0.480 e. The molecule has 3 aromatic rings. The molecule has 2 aromatic carbocycles. The van der Waals surface area contributed by atoms with Crippen LogP contribution in [0.2, 0.25) is 10.0 Å². The number of hydrogen-bond donors (Lipinski definition) is 1. The van der Waals surface area contributed by atoms with E-state index >= 15 is 0 Å². The van der Waals surface area contributed by atoms with E-state index in [-0.39, 0.29) is 5.91 Å². The second kappa shape index (κ2) is 11.2. The van der Waals surface area contributed by atoms with Gasteiger partial charge in [-0.3, -0.25) is 9.78 Å². The molecule has 2 heterocycles. The number of carbonyl (C=O) groups is 2. The third kappa shape index (κ3) is 5.67. The molecule has 35 heavy (non-hydrogen) atoms. The van der Waals surface area contributed by atoms with E-state index in [0.717, 1.165) is 16.7 Å². The van der Waals surface area contributed by atoms with Gasteiger partial charge in [0, 0.05) is 28.9 Å². The lowest BCUT2D eigenvalue weighted by Crippen LogP contribution is -2.57. The van der Waals surface area contributed by atoms with E-state index in [1.54, 1.807) is 36.7 Å². The Balaban J connectivity index is 1.85. The lowest BCUT2D eigenvalue weighted by molar-refractivity contribution is -0.184. The van der Waals surface area contributed by atoms with E-state index in [2.05, 4.69) is 4.98 Å². The van der Waals surface area contributed by atoms with Gasteiger partial charge in [0.05, 0.1) is 6.04 Å². The topological polar surface area (TPSA) is 79.7 Å². The number of morpholine rings is 1. The number of carboxylic acid groups (broad SMARTS) is 1. The molecule has 0 spiro atoms. The van der Waals surface area contributed by atoms with Gasteiger partial charge in [0.2, 0.25) is 0 Å². The van der Waals surface area contributed by atoms with Crippen LogP contribution < -0.4 is 0 Å². The Morgan fingerprint density at radius 3 is 2.11 bits per heavy atom. The minimum absolute atomic E-state index is 0.299. The molecule has 1 aliphatic rings. The van der Waals surface area contributed by atoms with Crippen molar-refractivity contribution in [1.82, 2.24) is 9.88 Å². The fraction of sp³-hybridized carbons (Fsp3) is 0.296. The molecule has 6 nitrogen and oxygen atoms in total. The summed E-state index contributed by atoms with van der Waals surface area (Å²) in [6, 6.07) is 16.3. The molecular weight excluding hydrogens is 487 g/mol. The number of carboxylic acids is 1. The number of pyridine rings is 1. The zero-order valence-electron chi connectivity index (χ0n) is 19.2. The lowest BCUT2D eigenvalue weighted by atomic mass is 9.89. The van der Waals surface area contributed by atoms with E-state index < -0.39 is 30.3 Å². The highest BCUT2D eigenvalue weighted by atomic mass is 35.5. The summed E-state index contributed by atoms with van der Waals surface area (Å²) in [5, 5.41) is 11.3. The molecule has 1 amide bonds. The molecule has 1 N–H and O–H groups in total. The van der Waals surface area contributed by atoms with Crippen LogP contribution in [-0.2, 0) is 20.7 Å². The third-order valence-corrected chi connectivity index (χ3v) is 6.69. The predicted molar refractivity (Wildman–Crippen MR) is 134 cm³/mol. The van der Waals surface area contributed by atoms with E-state index in [9.17, 15) is 14.7 Å². The van der Waals surface area contributed by atoms with Gasteiger partial charge in [0.1, 0.15) is 18.2 Å². The molecular formula is C27H26Cl2N2O4. The molecule has 0 bridgehead atoms. The molecule has 1 saturated heterocycles. The largest absolute Gasteiger partial charge is 0.480 e. The Labute approximate surface area is 214 Å². The van der Waals surface area contributed by atoms with Crippen molar-refractivity contribution < 1.29 is 19.4 Å². The number of benzene rings is 2. The third-order valence-electron chi connectivity index (χ3n) is 6.19. The summed E-state index contributed by atoms with van der Waals surface area (Å²) in [6.45, 7) is 1.91. The van der Waals surface area contributed by atoms with Crippen molar-refractivity contribution >= 4 is 35.1 Å². The van der Waals surface area contributed by atoms with Crippen molar-refractivity contribution in [2.75, 3.05) is 0 Å². The Morgan fingerprint density at radius 2 is 1.57 bits per heavy atom. The Kier molecular flexibility index (Phi) is 8.06. The Morgan fingerprint density at radius 1 is 1.00 bits per heavy atom. The monoisotopic (exact) mass is 512 g/mol. The van der Waals surface area contributed by atoms with Crippen LogP contribution in [0, 0.1) is 0 Å². The number of amides is 1. The average Bonchev–Trinajstić information content (AvgIpc) is 2.85. The number of aromatic nitrogens is 1. The van der Waals surface area contributed by atoms with Gasteiger partial charge in [-0.2, -0.15) is 0 Å². The second-order valence-corrected chi connectivity index (χ2v) is 9.41. The first-order valence-electron chi connectivity index (χ1n) is 11.5. The van der Waals surface area contributed by atoms with E-state index in [0.29, 0.717) is 29.3 Å². The average molecular weight is 513 g/mol. The number of nitrogens with zero attached hydrogens (tertiary/aromatic N) is 2. The van der Waals surface area contributed by atoms with Gasteiger partial charge in [0.25, 0.3) is 5.91 Å². The van der Waals surface area contributed by atoms with Crippen LogP contribution in [0.25, 0.3) is 0 Å². The summed E-state index contributed by atoms with van der Waals surface area (Å²) in [7, 11) is 0. The van der Waals surface area contributed by atoms with Crippen molar-refractivity contribution in [3.8, 4) is 0 Å². The summed E-state index contributed by atoms with van der Waals surface area (Å²) in [5.74, 6) is -1.40. The van der Waals surface area contributed by atoms with Crippen LogP contribution in [-0.4, -0.2) is 39.0 Å². The van der Waals surface area contributed by atoms with E-state index in [4.69, 9.17) is 27.9 Å².